The third-order valence-electron chi connectivity index (χ3n) is 8.66. The van der Waals surface area contributed by atoms with Gasteiger partial charge < -0.3 is 19.3 Å². The highest BCUT2D eigenvalue weighted by Gasteiger charge is 2.21. The number of carbonyl (C=O) groups is 1. The van der Waals surface area contributed by atoms with Gasteiger partial charge in [-0.2, -0.15) is 0 Å². The maximum Gasteiger partial charge on any atom is 0.469 e. The number of rotatable bonds is 37. The molecule has 0 spiro atoms. The van der Waals surface area contributed by atoms with Crippen LogP contribution in [0, 0.1) is 0 Å². The molecule has 270 valence electrons. The minimum absolute atomic E-state index is 0.0864. The van der Waals surface area contributed by atoms with Gasteiger partial charge in [0.2, 0.25) is 0 Å². The van der Waals surface area contributed by atoms with Crippen LogP contribution in [0.3, 0.4) is 0 Å². The van der Waals surface area contributed by atoms with Gasteiger partial charge in [-0.05, 0) is 12.8 Å². The van der Waals surface area contributed by atoms with E-state index in [1.54, 1.807) is 0 Å². The predicted molar refractivity (Wildman–Crippen MR) is 189 cm³/mol. The summed E-state index contributed by atoms with van der Waals surface area (Å²) in [5.74, 6) is -0.358. The monoisotopic (exact) mass is 663 g/mol. The molecule has 45 heavy (non-hydrogen) atoms. The van der Waals surface area contributed by atoms with Crippen molar-refractivity contribution in [2.24, 2.45) is 0 Å². The van der Waals surface area contributed by atoms with Gasteiger partial charge in [0.05, 0.1) is 13.2 Å². The van der Waals surface area contributed by atoms with E-state index in [-0.39, 0.29) is 19.2 Å². The van der Waals surface area contributed by atoms with E-state index in [0.29, 0.717) is 13.0 Å². The Labute approximate surface area is 279 Å². The van der Waals surface area contributed by atoms with Crippen molar-refractivity contribution in [3.8, 4) is 0 Å². The van der Waals surface area contributed by atoms with E-state index in [9.17, 15) is 9.36 Å². The Bertz CT molecular complexity index is 655. The lowest BCUT2D eigenvalue weighted by molar-refractivity contribution is -0.154. The number of unbranched alkanes of at least 4 members (excludes halogenated alkanes) is 27. The average Bonchev–Trinajstić information content (AvgIpc) is 3.01. The summed E-state index contributed by atoms with van der Waals surface area (Å²) in [6.45, 7) is 4.79. The van der Waals surface area contributed by atoms with E-state index in [1.807, 2.05) is 0 Å². The first-order valence-electron chi connectivity index (χ1n) is 19.4. The fourth-order valence-electron chi connectivity index (χ4n) is 5.80. The smallest absolute Gasteiger partial charge is 0.457 e. The molecule has 0 aliphatic heterocycles. The molecule has 0 saturated heterocycles. The van der Waals surface area contributed by atoms with Gasteiger partial charge in [-0.25, -0.2) is 4.57 Å². The summed E-state index contributed by atoms with van der Waals surface area (Å²) < 4.78 is 26.9. The van der Waals surface area contributed by atoms with Crippen LogP contribution in [0.1, 0.15) is 206 Å². The van der Waals surface area contributed by atoms with E-state index in [4.69, 9.17) is 19.3 Å². The number of hydrogen-bond acceptors (Lipinski definition) is 5. The van der Waals surface area contributed by atoms with Gasteiger partial charge in [-0.15, -0.1) is 0 Å². The molecular formula is C37H75O7P. The number of hydrogen-bond donors (Lipinski definition) is 2. The molecule has 1 atom stereocenters. The van der Waals surface area contributed by atoms with Gasteiger partial charge in [0.1, 0.15) is 6.10 Å². The zero-order valence-electron chi connectivity index (χ0n) is 29.8. The summed E-state index contributed by atoms with van der Waals surface area (Å²) in [6, 6.07) is 0. The lowest BCUT2D eigenvalue weighted by atomic mass is 10.0. The molecule has 2 N–H and O–H groups in total. The Hall–Kier alpha value is -0.460. The summed E-state index contributed by atoms with van der Waals surface area (Å²) in [4.78, 5) is 30.5. The van der Waals surface area contributed by atoms with Gasteiger partial charge in [0, 0.05) is 13.0 Å². The SMILES string of the molecule is CCCCCCCCCCCCCCCCCCOC[C@@H](COP(=O)(O)O)OC(=O)CCCCCCCCCCCCCCC. The van der Waals surface area contributed by atoms with Gasteiger partial charge in [-0.3, -0.25) is 9.32 Å². The standard InChI is InChI=1S/C37H75O7P/c1-3-5-7-9-11-13-15-17-18-19-21-23-25-27-29-31-33-42-34-36(35-43-45(39,40)41)44-37(38)32-30-28-26-24-22-20-16-14-12-10-8-6-4-2/h36H,3-35H2,1-2H3,(H2,39,40,41)/t36-/m0/s1. The third kappa shape index (κ3) is 37.9. The molecule has 0 amide bonds. The summed E-state index contributed by atoms with van der Waals surface area (Å²) in [5.41, 5.74) is 0. The first-order valence-corrected chi connectivity index (χ1v) is 20.9. The second kappa shape index (κ2) is 34.9. The van der Waals surface area contributed by atoms with Gasteiger partial charge in [-0.1, -0.05) is 187 Å². The normalized spacial score (nSPS) is 12.5. The molecule has 7 nitrogen and oxygen atoms in total. The Morgan fingerprint density at radius 2 is 0.844 bits per heavy atom. The van der Waals surface area contributed by atoms with Crippen molar-refractivity contribution in [2.45, 2.75) is 213 Å². The van der Waals surface area contributed by atoms with Crippen LogP contribution >= 0.6 is 7.82 Å². The second-order valence-corrected chi connectivity index (χ2v) is 14.5. The van der Waals surface area contributed by atoms with Crippen molar-refractivity contribution in [3.63, 3.8) is 0 Å². The van der Waals surface area contributed by atoms with Crippen LogP contribution in [-0.4, -0.2) is 41.7 Å². The summed E-state index contributed by atoms with van der Waals surface area (Å²) in [7, 11) is -4.64. The minimum Gasteiger partial charge on any atom is -0.457 e. The quantitative estimate of drug-likeness (QED) is 0.0387. The fourth-order valence-corrected chi connectivity index (χ4v) is 6.16. The van der Waals surface area contributed by atoms with Crippen molar-refractivity contribution in [2.75, 3.05) is 19.8 Å². The molecule has 0 radical (unpaired) electrons. The van der Waals surface area contributed by atoms with E-state index in [1.165, 1.54) is 154 Å². The van der Waals surface area contributed by atoms with Gasteiger partial charge >= 0.3 is 13.8 Å². The third-order valence-corrected chi connectivity index (χ3v) is 9.14. The Balaban J connectivity index is 3.76. The van der Waals surface area contributed by atoms with E-state index in [2.05, 4.69) is 18.4 Å². The summed E-state index contributed by atoms with van der Waals surface area (Å²) in [5, 5.41) is 0. The van der Waals surface area contributed by atoms with Gasteiger partial charge in [0.25, 0.3) is 0 Å². The van der Waals surface area contributed by atoms with Crippen LogP contribution in [0.5, 0.6) is 0 Å². The summed E-state index contributed by atoms with van der Waals surface area (Å²) in [6.07, 6.45) is 36.6. The molecule has 0 aliphatic rings. The molecule has 0 unspecified atom stereocenters. The Morgan fingerprint density at radius 1 is 0.511 bits per heavy atom. The highest BCUT2D eigenvalue weighted by molar-refractivity contribution is 7.46. The molecule has 0 rings (SSSR count). The molecule has 0 fully saturated rings. The van der Waals surface area contributed by atoms with E-state index >= 15 is 0 Å². The van der Waals surface area contributed by atoms with Gasteiger partial charge in [0.15, 0.2) is 0 Å². The fraction of sp³-hybridized carbons (Fsp3) is 0.973. The zero-order valence-corrected chi connectivity index (χ0v) is 30.7. The van der Waals surface area contributed by atoms with Crippen LogP contribution in [-0.2, 0) is 23.4 Å². The maximum absolute atomic E-state index is 12.3. The molecule has 8 heteroatoms. The minimum atomic E-state index is -4.64. The molecule has 0 aliphatic carbocycles. The number of ether oxygens (including phenoxy) is 2. The van der Waals surface area contributed by atoms with Crippen LogP contribution in [0.2, 0.25) is 0 Å². The highest BCUT2D eigenvalue weighted by atomic mass is 31.2. The maximum atomic E-state index is 12.3. The molecule has 0 heterocycles. The Morgan fingerprint density at radius 3 is 1.20 bits per heavy atom. The molecule has 0 saturated carbocycles. The van der Waals surface area contributed by atoms with Crippen molar-refractivity contribution in [1.29, 1.82) is 0 Å². The van der Waals surface area contributed by atoms with Crippen LogP contribution in [0.4, 0.5) is 0 Å². The predicted octanol–water partition coefficient (Wildman–Crippen LogP) is 11.8. The van der Waals surface area contributed by atoms with Crippen molar-refractivity contribution < 1.29 is 33.1 Å². The van der Waals surface area contributed by atoms with Crippen LogP contribution in [0.25, 0.3) is 0 Å². The highest BCUT2D eigenvalue weighted by Crippen LogP contribution is 2.36. The zero-order chi connectivity index (χ0) is 33.1. The summed E-state index contributed by atoms with van der Waals surface area (Å²) >= 11 is 0. The number of phosphoric acid groups is 1. The topological polar surface area (TPSA) is 102 Å². The van der Waals surface area contributed by atoms with Crippen molar-refractivity contribution in [3.05, 3.63) is 0 Å². The van der Waals surface area contributed by atoms with Crippen LogP contribution < -0.4 is 0 Å². The number of esters is 1. The first kappa shape index (κ1) is 44.5. The lowest BCUT2D eigenvalue weighted by Crippen LogP contribution is -2.28. The average molecular weight is 663 g/mol. The van der Waals surface area contributed by atoms with E-state index in [0.717, 1.165) is 32.1 Å². The van der Waals surface area contributed by atoms with Crippen molar-refractivity contribution in [1.82, 2.24) is 0 Å². The van der Waals surface area contributed by atoms with E-state index < -0.39 is 13.9 Å². The largest absolute Gasteiger partial charge is 0.469 e. The number of carbonyl (C=O) groups excluding carboxylic acids is 1. The Kier molecular flexibility index (Phi) is 34.5. The lowest BCUT2D eigenvalue weighted by Gasteiger charge is -2.18. The molecular weight excluding hydrogens is 587 g/mol. The first-order chi connectivity index (χ1) is 21.9. The molecule has 0 aromatic rings. The number of phosphoric ester groups is 1. The van der Waals surface area contributed by atoms with Crippen molar-refractivity contribution >= 4 is 13.8 Å². The molecule has 0 aromatic carbocycles. The second-order valence-electron chi connectivity index (χ2n) is 13.3. The molecule has 0 aromatic heterocycles. The molecule has 0 bridgehead atoms. The van der Waals surface area contributed by atoms with Crippen LogP contribution in [0.15, 0.2) is 0 Å².